The van der Waals surface area contributed by atoms with Crippen LogP contribution >= 0.6 is 11.3 Å². The van der Waals surface area contributed by atoms with E-state index in [9.17, 15) is 14.9 Å². The van der Waals surface area contributed by atoms with Gasteiger partial charge < -0.3 is 24.4 Å². The number of anilines is 1. The molecule has 3 aromatic heterocycles. The van der Waals surface area contributed by atoms with Crippen LogP contribution in [-0.4, -0.2) is 23.2 Å². The minimum absolute atomic E-state index is 0.174. The van der Waals surface area contributed by atoms with Crippen LogP contribution in [0.15, 0.2) is 47.4 Å². The van der Waals surface area contributed by atoms with Crippen LogP contribution in [0.25, 0.3) is 6.08 Å². The van der Waals surface area contributed by atoms with Crippen LogP contribution in [-0.2, 0) is 36.0 Å². The predicted octanol–water partition coefficient (Wildman–Crippen LogP) is 4.23. The Labute approximate surface area is 195 Å². The van der Waals surface area contributed by atoms with E-state index in [-0.39, 0.29) is 11.8 Å². The lowest BCUT2D eigenvalue weighted by atomic mass is 9.88. The Balaban J connectivity index is 1.31. The molecule has 4 rings (SSSR count). The second kappa shape index (κ2) is 10.2. The molecule has 170 valence electrons. The quantitative estimate of drug-likeness (QED) is 0.509. The van der Waals surface area contributed by atoms with Gasteiger partial charge in [0.15, 0.2) is 0 Å². The number of fused-ring (bicyclic) bond motifs is 1. The number of aromatic nitrogens is 1. The molecule has 0 fully saturated rings. The van der Waals surface area contributed by atoms with Gasteiger partial charge in [-0.05, 0) is 55.0 Å². The number of furan rings is 1. The van der Waals surface area contributed by atoms with E-state index < -0.39 is 6.09 Å². The maximum absolute atomic E-state index is 12.3. The van der Waals surface area contributed by atoms with Gasteiger partial charge in [-0.3, -0.25) is 4.79 Å². The summed E-state index contributed by atoms with van der Waals surface area (Å²) in [5.74, 6) is -0.130. The van der Waals surface area contributed by atoms with Crippen LogP contribution < -0.4 is 10.6 Å². The van der Waals surface area contributed by atoms with E-state index >= 15 is 0 Å². The number of nitrogens with zero attached hydrogens (tertiary/aromatic N) is 2. The summed E-state index contributed by atoms with van der Waals surface area (Å²) in [5, 5.41) is 15.8. The molecule has 0 radical (unpaired) electrons. The van der Waals surface area contributed by atoms with E-state index in [1.54, 1.807) is 18.4 Å². The van der Waals surface area contributed by atoms with E-state index in [4.69, 9.17) is 9.15 Å². The number of ether oxygens (including phenoxy) is 1. The Morgan fingerprint density at radius 1 is 1.42 bits per heavy atom. The molecule has 9 heteroatoms. The van der Waals surface area contributed by atoms with Gasteiger partial charge >= 0.3 is 6.09 Å². The fourth-order valence-corrected chi connectivity index (χ4v) is 5.10. The molecule has 0 aromatic carbocycles. The largest absolute Gasteiger partial charge is 0.472 e. The Morgan fingerprint density at radius 2 is 2.30 bits per heavy atom. The molecule has 1 aliphatic carbocycles. The maximum Gasteiger partial charge on any atom is 0.407 e. The monoisotopic (exact) mass is 464 g/mol. The minimum atomic E-state index is -0.441. The van der Waals surface area contributed by atoms with Crippen LogP contribution in [0.3, 0.4) is 0 Å². The third-order valence-corrected chi connectivity index (χ3v) is 6.77. The van der Waals surface area contributed by atoms with Crippen molar-refractivity contribution in [1.82, 2.24) is 9.88 Å². The summed E-state index contributed by atoms with van der Waals surface area (Å²) in [4.78, 5) is 25.4. The molecule has 0 aliphatic heterocycles. The zero-order valence-corrected chi connectivity index (χ0v) is 19.0. The van der Waals surface area contributed by atoms with Crippen molar-refractivity contribution in [3.63, 3.8) is 0 Å². The molecular weight excluding hydrogens is 440 g/mol. The first kappa shape index (κ1) is 22.4. The number of aryl methyl sites for hydroxylation is 1. The summed E-state index contributed by atoms with van der Waals surface area (Å²) in [5.41, 5.74) is 3.29. The zero-order valence-electron chi connectivity index (χ0n) is 18.2. The average Bonchev–Trinajstić information content (AvgIpc) is 3.54. The van der Waals surface area contributed by atoms with Crippen molar-refractivity contribution in [1.29, 1.82) is 5.26 Å². The van der Waals surface area contributed by atoms with Crippen molar-refractivity contribution < 1.29 is 18.7 Å². The number of hydrogen-bond donors (Lipinski definition) is 2. The number of nitriles is 1. The fourth-order valence-electron chi connectivity index (χ4n) is 3.79. The third kappa shape index (κ3) is 5.54. The van der Waals surface area contributed by atoms with Crippen LogP contribution in [0.2, 0.25) is 0 Å². The van der Waals surface area contributed by atoms with Crippen LogP contribution in [0.5, 0.6) is 0 Å². The number of hydrogen-bond acceptors (Lipinski definition) is 6. The SMILES string of the molecule is Cn1cccc1CNC(=O)OCC1CCc2c(sc(NC(=O)/C=C/c3ccoc3)c2C#N)C1. The van der Waals surface area contributed by atoms with Gasteiger partial charge in [-0.15, -0.1) is 11.3 Å². The molecule has 1 aliphatic rings. The molecule has 2 amide bonds. The van der Waals surface area contributed by atoms with Crippen molar-refractivity contribution in [3.8, 4) is 6.07 Å². The first-order valence-corrected chi connectivity index (χ1v) is 11.4. The van der Waals surface area contributed by atoms with Gasteiger partial charge in [0.2, 0.25) is 5.91 Å². The molecule has 1 atom stereocenters. The molecule has 3 aromatic rings. The van der Waals surface area contributed by atoms with Gasteiger partial charge in [0.05, 0.1) is 31.2 Å². The highest BCUT2D eigenvalue weighted by atomic mass is 32.1. The Hall–Kier alpha value is -3.77. The lowest BCUT2D eigenvalue weighted by molar-refractivity contribution is -0.111. The van der Waals surface area contributed by atoms with Crippen molar-refractivity contribution in [2.45, 2.75) is 25.8 Å². The van der Waals surface area contributed by atoms with Crippen LogP contribution in [0.1, 0.15) is 33.7 Å². The van der Waals surface area contributed by atoms with Crippen molar-refractivity contribution in [2.24, 2.45) is 13.0 Å². The van der Waals surface area contributed by atoms with E-state index in [0.29, 0.717) is 36.6 Å². The van der Waals surface area contributed by atoms with Crippen LogP contribution in [0.4, 0.5) is 9.80 Å². The summed E-state index contributed by atoms with van der Waals surface area (Å²) in [6, 6.07) is 7.85. The highest BCUT2D eigenvalue weighted by molar-refractivity contribution is 7.16. The van der Waals surface area contributed by atoms with Crippen molar-refractivity contribution in [3.05, 3.63) is 70.3 Å². The number of thiophene rings is 1. The van der Waals surface area contributed by atoms with E-state index in [2.05, 4.69) is 16.7 Å². The van der Waals surface area contributed by atoms with Gasteiger partial charge in [0.1, 0.15) is 11.1 Å². The van der Waals surface area contributed by atoms with Crippen molar-refractivity contribution >= 4 is 34.4 Å². The lowest BCUT2D eigenvalue weighted by Crippen LogP contribution is -2.28. The Morgan fingerprint density at radius 3 is 3.03 bits per heavy atom. The molecule has 0 saturated carbocycles. The second-order valence-corrected chi connectivity index (χ2v) is 8.98. The topological polar surface area (TPSA) is 109 Å². The molecule has 0 bridgehead atoms. The first-order chi connectivity index (χ1) is 16.0. The first-order valence-electron chi connectivity index (χ1n) is 10.6. The standard InChI is InChI=1S/C24H24N4O4S/c1-28-9-2-3-18(28)13-26-24(30)32-15-17-4-6-19-20(12-25)23(33-21(19)11-17)27-22(29)7-5-16-8-10-31-14-16/h2-3,5,7-10,14,17H,4,6,11,13,15H2,1H3,(H,26,30)(H,27,29)/b7-5+. The predicted molar refractivity (Wildman–Crippen MR) is 125 cm³/mol. The second-order valence-electron chi connectivity index (χ2n) is 7.87. The maximum atomic E-state index is 12.3. The van der Waals surface area contributed by atoms with Crippen molar-refractivity contribution in [2.75, 3.05) is 11.9 Å². The van der Waals surface area contributed by atoms with E-state index in [0.717, 1.165) is 28.1 Å². The summed E-state index contributed by atoms with van der Waals surface area (Å²) >= 11 is 1.42. The van der Waals surface area contributed by atoms with Gasteiger partial charge in [-0.1, -0.05) is 0 Å². The average molecular weight is 465 g/mol. The van der Waals surface area contributed by atoms with E-state index in [1.165, 1.54) is 23.7 Å². The van der Waals surface area contributed by atoms with Crippen LogP contribution in [0, 0.1) is 17.2 Å². The smallest absolute Gasteiger partial charge is 0.407 e. The van der Waals surface area contributed by atoms with Gasteiger partial charge in [-0.25, -0.2) is 4.79 Å². The third-order valence-electron chi connectivity index (χ3n) is 5.60. The lowest BCUT2D eigenvalue weighted by Gasteiger charge is -2.21. The highest BCUT2D eigenvalue weighted by Gasteiger charge is 2.27. The number of alkyl carbamates (subject to hydrolysis) is 1. The highest BCUT2D eigenvalue weighted by Crippen LogP contribution is 2.39. The summed E-state index contributed by atoms with van der Waals surface area (Å²) < 4.78 is 12.3. The summed E-state index contributed by atoms with van der Waals surface area (Å²) in [7, 11) is 1.92. The Bertz CT molecular complexity index is 1200. The number of carbonyl (C=O) groups excluding carboxylic acids is 2. The minimum Gasteiger partial charge on any atom is -0.472 e. The molecule has 2 N–H and O–H groups in total. The van der Waals surface area contributed by atoms with Gasteiger partial charge in [0, 0.05) is 35.5 Å². The number of amides is 2. The molecule has 0 saturated heterocycles. The molecular formula is C24H24N4O4S. The summed E-state index contributed by atoms with van der Waals surface area (Å²) in [6.45, 7) is 0.721. The molecule has 8 nitrogen and oxygen atoms in total. The molecule has 3 heterocycles. The number of carbonyl (C=O) groups is 2. The zero-order chi connectivity index (χ0) is 23.2. The number of nitrogens with one attached hydrogen (secondary N) is 2. The fraction of sp³-hybridized carbons (Fsp3) is 0.292. The summed E-state index contributed by atoms with van der Waals surface area (Å²) in [6.07, 6.45) is 9.86. The Kier molecular flexibility index (Phi) is 6.95. The molecule has 1 unspecified atom stereocenters. The van der Waals surface area contributed by atoms with Gasteiger partial charge in [0.25, 0.3) is 0 Å². The molecule has 33 heavy (non-hydrogen) atoms. The molecule has 0 spiro atoms. The normalized spacial score (nSPS) is 15.1. The number of rotatable bonds is 7. The van der Waals surface area contributed by atoms with Gasteiger partial charge in [-0.2, -0.15) is 5.26 Å². The van der Waals surface area contributed by atoms with E-state index in [1.807, 2.05) is 29.9 Å².